The summed E-state index contributed by atoms with van der Waals surface area (Å²) in [7, 11) is 3.02. The smallest absolute Gasteiger partial charge is 0.344 e. The molecule has 2 aromatic carbocycles. The number of aliphatic hydroxyl groups excluding tert-OH is 1. The molecular formula is C24H28N4O6. The Kier molecular flexibility index (Phi) is 6.27. The maximum atomic E-state index is 12.6. The molecule has 1 fully saturated rings. The van der Waals surface area contributed by atoms with Crippen LogP contribution in [0.15, 0.2) is 30.3 Å². The van der Waals surface area contributed by atoms with Crippen molar-refractivity contribution >= 4 is 22.7 Å². The molecule has 0 saturated carbocycles. The normalized spacial score (nSPS) is 18.1. The molecule has 10 nitrogen and oxygen atoms in total. The van der Waals surface area contributed by atoms with Crippen LogP contribution in [-0.2, 0) is 22.6 Å². The number of carbonyl (C=O) groups is 1. The highest BCUT2D eigenvalue weighted by molar-refractivity contribution is 5.98. The molecule has 0 radical (unpaired) electrons. The minimum absolute atomic E-state index is 0.0294. The van der Waals surface area contributed by atoms with Gasteiger partial charge in [-0.15, -0.1) is 0 Å². The lowest BCUT2D eigenvalue weighted by Crippen LogP contribution is -2.36. The lowest BCUT2D eigenvalue weighted by Gasteiger charge is -2.26. The van der Waals surface area contributed by atoms with E-state index in [-0.39, 0.29) is 6.61 Å². The van der Waals surface area contributed by atoms with E-state index in [0.29, 0.717) is 48.9 Å². The summed E-state index contributed by atoms with van der Waals surface area (Å²) in [5.41, 5.74) is 3.55. The zero-order valence-electron chi connectivity index (χ0n) is 19.2. The summed E-state index contributed by atoms with van der Waals surface area (Å²) >= 11 is 0. The van der Waals surface area contributed by atoms with Crippen molar-refractivity contribution in [3.8, 4) is 11.5 Å². The Morgan fingerprint density at radius 1 is 1.18 bits per heavy atom. The molecule has 1 atom stereocenters. The van der Waals surface area contributed by atoms with Gasteiger partial charge in [0.25, 0.3) is 0 Å². The van der Waals surface area contributed by atoms with Gasteiger partial charge in [-0.3, -0.25) is 4.90 Å². The maximum Gasteiger partial charge on any atom is 0.344 e. The fourth-order valence-electron chi connectivity index (χ4n) is 4.56. The Bertz CT molecular complexity index is 1200. The first-order valence-corrected chi connectivity index (χ1v) is 11.3. The number of aliphatic hydroxyl groups is 1. The molecule has 3 heterocycles. The monoisotopic (exact) mass is 468 g/mol. The number of nitrogens with one attached hydrogen (secondary N) is 1. The molecule has 2 N–H and O–H groups in total. The summed E-state index contributed by atoms with van der Waals surface area (Å²) in [6, 6.07) is 9.37. The van der Waals surface area contributed by atoms with E-state index in [4.69, 9.17) is 23.9 Å². The summed E-state index contributed by atoms with van der Waals surface area (Å²) in [6.07, 6.45) is -0.660. The first kappa shape index (κ1) is 22.5. The summed E-state index contributed by atoms with van der Waals surface area (Å²) in [5.74, 6) is 1.27. The van der Waals surface area contributed by atoms with Gasteiger partial charge < -0.3 is 33.9 Å². The molecule has 1 saturated heterocycles. The standard InChI is InChI=1S/C24H28N4O6/c1-31-19-6-4-16-21(22(19)32-2)24(30)34-23(16)25-15-3-5-18-17(13-15)26-20(28(18)7-10-29)14-27-8-11-33-12-9-27/h3-6,13,23,25,29H,7-12,14H2,1-2H3. The maximum absolute atomic E-state index is 12.6. The van der Waals surface area contributed by atoms with Gasteiger partial charge in [0.2, 0.25) is 6.23 Å². The minimum Gasteiger partial charge on any atom is -0.493 e. The fourth-order valence-corrected chi connectivity index (χ4v) is 4.56. The molecular weight excluding hydrogens is 440 g/mol. The lowest BCUT2D eigenvalue weighted by molar-refractivity contribution is 0.0325. The van der Waals surface area contributed by atoms with Gasteiger partial charge in [-0.05, 0) is 30.3 Å². The summed E-state index contributed by atoms with van der Waals surface area (Å²) in [5, 5.41) is 12.9. The van der Waals surface area contributed by atoms with Crippen LogP contribution in [0, 0.1) is 0 Å². The summed E-state index contributed by atoms with van der Waals surface area (Å²) in [6.45, 7) is 4.33. The van der Waals surface area contributed by atoms with Crippen molar-refractivity contribution in [2.24, 2.45) is 0 Å². The second-order valence-corrected chi connectivity index (χ2v) is 8.19. The average molecular weight is 469 g/mol. The Morgan fingerprint density at radius 3 is 2.74 bits per heavy atom. The second kappa shape index (κ2) is 9.49. The van der Waals surface area contributed by atoms with Crippen LogP contribution in [0.25, 0.3) is 11.0 Å². The van der Waals surface area contributed by atoms with E-state index in [1.807, 2.05) is 18.2 Å². The molecule has 1 aromatic heterocycles. The van der Waals surface area contributed by atoms with E-state index in [2.05, 4.69) is 14.8 Å². The van der Waals surface area contributed by atoms with E-state index in [1.165, 1.54) is 14.2 Å². The third-order valence-electron chi connectivity index (χ3n) is 6.21. The molecule has 0 aliphatic carbocycles. The Balaban J connectivity index is 1.43. The highest BCUT2D eigenvalue weighted by atomic mass is 16.6. The number of carbonyl (C=O) groups excluding carboxylic acids is 1. The number of cyclic esters (lactones) is 1. The molecule has 5 rings (SSSR count). The van der Waals surface area contributed by atoms with Crippen molar-refractivity contribution in [1.29, 1.82) is 0 Å². The van der Waals surface area contributed by atoms with Crippen LogP contribution >= 0.6 is 0 Å². The van der Waals surface area contributed by atoms with Crippen LogP contribution in [0.1, 0.15) is 28.0 Å². The van der Waals surface area contributed by atoms with Crippen LogP contribution in [0.2, 0.25) is 0 Å². The van der Waals surface area contributed by atoms with Crippen LogP contribution in [0.3, 0.4) is 0 Å². The first-order valence-electron chi connectivity index (χ1n) is 11.3. The molecule has 0 bridgehead atoms. The number of esters is 1. The number of fused-ring (bicyclic) bond motifs is 2. The number of ether oxygens (including phenoxy) is 4. The molecule has 2 aliphatic rings. The van der Waals surface area contributed by atoms with Gasteiger partial charge in [-0.1, -0.05) is 0 Å². The van der Waals surface area contributed by atoms with Gasteiger partial charge >= 0.3 is 5.97 Å². The van der Waals surface area contributed by atoms with Crippen LogP contribution in [0.5, 0.6) is 11.5 Å². The molecule has 180 valence electrons. The quantitative estimate of drug-likeness (QED) is 0.481. The van der Waals surface area contributed by atoms with Gasteiger partial charge in [-0.2, -0.15) is 0 Å². The minimum atomic E-state index is -0.660. The molecule has 0 amide bonds. The zero-order valence-corrected chi connectivity index (χ0v) is 19.2. The number of nitrogens with zero attached hydrogens (tertiary/aromatic N) is 3. The van der Waals surface area contributed by atoms with Crippen LogP contribution in [-0.4, -0.2) is 72.7 Å². The van der Waals surface area contributed by atoms with E-state index in [9.17, 15) is 9.90 Å². The van der Waals surface area contributed by atoms with Crippen molar-refractivity contribution in [3.05, 3.63) is 47.3 Å². The number of anilines is 1. The van der Waals surface area contributed by atoms with Crippen LogP contribution < -0.4 is 14.8 Å². The van der Waals surface area contributed by atoms with Gasteiger partial charge in [0.15, 0.2) is 11.5 Å². The summed E-state index contributed by atoms with van der Waals surface area (Å²) < 4.78 is 23.8. The third-order valence-corrected chi connectivity index (χ3v) is 6.21. The SMILES string of the molecule is COc1ccc2c(c1OC)C(=O)OC2Nc1ccc2c(c1)nc(CN1CCOCC1)n2CCO. The molecule has 1 unspecified atom stereocenters. The van der Waals surface area contributed by atoms with Crippen molar-refractivity contribution in [1.82, 2.24) is 14.5 Å². The Labute approximate surface area is 197 Å². The van der Waals surface area contributed by atoms with Crippen molar-refractivity contribution in [2.75, 3.05) is 52.4 Å². The van der Waals surface area contributed by atoms with E-state index in [0.717, 1.165) is 35.6 Å². The molecule has 34 heavy (non-hydrogen) atoms. The first-order chi connectivity index (χ1) is 16.6. The highest BCUT2D eigenvalue weighted by Crippen LogP contribution is 2.42. The van der Waals surface area contributed by atoms with Gasteiger partial charge in [0.05, 0.1) is 51.6 Å². The van der Waals surface area contributed by atoms with Crippen LogP contribution in [0.4, 0.5) is 5.69 Å². The average Bonchev–Trinajstić information content (AvgIpc) is 3.35. The molecule has 10 heteroatoms. The summed E-state index contributed by atoms with van der Waals surface area (Å²) in [4.78, 5) is 19.7. The topological polar surface area (TPSA) is 107 Å². The van der Waals surface area contributed by atoms with E-state index >= 15 is 0 Å². The zero-order chi connectivity index (χ0) is 23.7. The largest absolute Gasteiger partial charge is 0.493 e. The number of methoxy groups -OCH3 is 2. The number of hydrogen-bond acceptors (Lipinski definition) is 9. The molecule has 3 aromatic rings. The number of hydrogen-bond donors (Lipinski definition) is 2. The predicted molar refractivity (Wildman–Crippen MR) is 124 cm³/mol. The van der Waals surface area contributed by atoms with Gasteiger partial charge in [0, 0.05) is 30.9 Å². The van der Waals surface area contributed by atoms with E-state index < -0.39 is 12.2 Å². The van der Waals surface area contributed by atoms with Crippen molar-refractivity contribution < 1.29 is 28.8 Å². The lowest BCUT2D eigenvalue weighted by atomic mass is 10.1. The fraction of sp³-hybridized carbons (Fsp3) is 0.417. The highest BCUT2D eigenvalue weighted by Gasteiger charge is 2.36. The predicted octanol–water partition coefficient (Wildman–Crippen LogP) is 2.16. The second-order valence-electron chi connectivity index (χ2n) is 8.19. The molecule has 2 aliphatic heterocycles. The third kappa shape index (κ3) is 4.04. The van der Waals surface area contributed by atoms with Crippen molar-refractivity contribution in [3.63, 3.8) is 0 Å². The number of imidazole rings is 1. The van der Waals surface area contributed by atoms with Crippen molar-refractivity contribution in [2.45, 2.75) is 19.3 Å². The van der Waals surface area contributed by atoms with Gasteiger partial charge in [0.1, 0.15) is 11.4 Å². The number of aromatic nitrogens is 2. The van der Waals surface area contributed by atoms with E-state index in [1.54, 1.807) is 12.1 Å². The Hall–Kier alpha value is -3.34. The number of rotatable bonds is 8. The Morgan fingerprint density at radius 2 is 2.00 bits per heavy atom. The molecule has 0 spiro atoms. The van der Waals surface area contributed by atoms with Gasteiger partial charge in [-0.25, -0.2) is 9.78 Å². The number of morpholine rings is 1. The number of benzene rings is 2.